The normalized spacial score (nSPS) is 12.9. The molecular weight excluding hydrogens is 366 g/mol. The van der Waals surface area contributed by atoms with Crippen LogP contribution in [0.25, 0.3) is 11.3 Å². The van der Waals surface area contributed by atoms with E-state index in [1.165, 1.54) is 0 Å². The maximum atomic E-state index is 12.5. The molecule has 0 bridgehead atoms. The quantitative estimate of drug-likeness (QED) is 0.725. The predicted octanol–water partition coefficient (Wildman–Crippen LogP) is 4.51. The fraction of sp³-hybridized carbons (Fsp3) is 0.158. The van der Waals surface area contributed by atoms with Crippen LogP contribution in [0.2, 0.25) is 0 Å². The number of nitrogens with one attached hydrogen (secondary N) is 1. The molecule has 0 saturated heterocycles. The number of carbonyl (C=O) groups excluding carboxylic acids is 1. The highest BCUT2D eigenvalue weighted by molar-refractivity contribution is 9.10. The number of anilines is 1. The van der Waals surface area contributed by atoms with Crippen molar-refractivity contribution in [3.05, 3.63) is 70.6 Å². The zero-order valence-electron chi connectivity index (χ0n) is 13.0. The highest BCUT2D eigenvalue weighted by Crippen LogP contribution is 2.27. The number of carbonyl (C=O) groups is 1. The molecule has 0 atom stereocenters. The first kappa shape index (κ1) is 15.1. The Morgan fingerprint density at radius 3 is 2.92 bits per heavy atom. The number of hydrogen-bond donors (Lipinski definition) is 1. The fourth-order valence-corrected chi connectivity index (χ4v) is 3.55. The van der Waals surface area contributed by atoms with Crippen molar-refractivity contribution in [3.8, 4) is 11.3 Å². The maximum Gasteiger partial charge on any atom is 0.256 e. The van der Waals surface area contributed by atoms with E-state index in [4.69, 9.17) is 0 Å². The van der Waals surface area contributed by atoms with Crippen LogP contribution in [0, 0.1) is 0 Å². The molecule has 4 nitrogen and oxygen atoms in total. The van der Waals surface area contributed by atoms with Crippen LogP contribution in [0.5, 0.6) is 0 Å². The van der Waals surface area contributed by atoms with Crippen molar-refractivity contribution in [2.75, 3.05) is 5.32 Å². The first-order valence-electron chi connectivity index (χ1n) is 7.93. The van der Waals surface area contributed by atoms with E-state index in [0.29, 0.717) is 5.56 Å². The number of imidazole rings is 1. The number of fused-ring (bicyclic) bond motifs is 1. The van der Waals surface area contributed by atoms with E-state index in [1.54, 1.807) is 6.07 Å². The number of benzene rings is 2. The Balaban J connectivity index is 1.61. The average Bonchev–Trinajstić information content (AvgIpc) is 3.18. The van der Waals surface area contributed by atoms with Crippen LogP contribution in [0.4, 0.5) is 5.69 Å². The molecule has 5 heteroatoms. The van der Waals surface area contributed by atoms with Gasteiger partial charge in [-0.1, -0.05) is 24.3 Å². The summed E-state index contributed by atoms with van der Waals surface area (Å²) in [7, 11) is 0. The monoisotopic (exact) mass is 381 g/mol. The number of rotatable bonds is 3. The third-order valence-corrected chi connectivity index (χ3v) is 4.95. The average molecular weight is 382 g/mol. The molecule has 0 saturated carbocycles. The Kier molecular flexibility index (Phi) is 3.94. The van der Waals surface area contributed by atoms with Crippen molar-refractivity contribution in [1.29, 1.82) is 0 Å². The molecular formula is C19H16BrN3O. The predicted molar refractivity (Wildman–Crippen MR) is 98.1 cm³/mol. The summed E-state index contributed by atoms with van der Waals surface area (Å²) in [5.41, 5.74) is 3.58. The van der Waals surface area contributed by atoms with Gasteiger partial charge in [-0.15, -0.1) is 0 Å². The van der Waals surface area contributed by atoms with Gasteiger partial charge >= 0.3 is 0 Å². The van der Waals surface area contributed by atoms with Crippen molar-refractivity contribution in [2.45, 2.75) is 19.4 Å². The van der Waals surface area contributed by atoms with Gasteiger partial charge in [0.2, 0.25) is 0 Å². The van der Waals surface area contributed by atoms with Crippen LogP contribution in [0.1, 0.15) is 22.6 Å². The van der Waals surface area contributed by atoms with Crippen LogP contribution in [0.15, 0.2) is 59.2 Å². The summed E-state index contributed by atoms with van der Waals surface area (Å²) >= 11 is 3.42. The van der Waals surface area contributed by atoms with Crippen LogP contribution in [0.3, 0.4) is 0 Å². The second-order valence-corrected chi connectivity index (χ2v) is 6.68. The molecule has 3 aromatic rings. The first-order valence-corrected chi connectivity index (χ1v) is 8.72. The van der Waals surface area contributed by atoms with E-state index in [1.807, 2.05) is 42.6 Å². The van der Waals surface area contributed by atoms with Crippen LogP contribution in [-0.4, -0.2) is 15.5 Å². The van der Waals surface area contributed by atoms with Gasteiger partial charge in [0.05, 0.1) is 17.5 Å². The molecule has 2 aromatic carbocycles. The molecule has 1 aliphatic rings. The zero-order valence-corrected chi connectivity index (χ0v) is 14.6. The van der Waals surface area contributed by atoms with Crippen molar-refractivity contribution >= 4 is 27.5 Å². The summed E-state index contributed by atoms with van der Waals surface area (Å²) in [4.78, 5) is 17.0. The standard InChI is InChI=1S/C19H16BrN3O/c20-16-8-2-1-7-15(16)19(24)22-14-6-3-5-13(11-14)17-12-21-18-9-4-10-23(17)18/h1-3,5-8,11-12H,4,9-10H2,(H,22,24). The lowest BCUT2D eigenvalue weighted by atomic mass is 10.1. The molecule has 0 radical (unpaired) electrons. The molecule has 24 heavy (non-hydrogen) atoms. The molecule has 0 aliphatic carbocycles. The van der Waals surface area contributed by atoms with Gasteiger partial charge in [0.1, 0.15) is 5.82 Å². The second kappa shape index (κ2) is 6.24. The first-order chi connectivity index (χ1) is 11.7. The molecule has 2 heterocycles. The van der Waals surface area contributed by atoms with E-state index >= 15 is 0 Å². The Morgan fingerprint density at radius 1 is 1.17 bits per heavy atom. The Hall–Kier alpha value is -2.40. The minimum absolute atomic E-state index is 0.127. The lowest BCUT2D eigenvalue weighted by Gasteiger charge is -2.10. The highest BCUT2D eigenvalue weighted by atomic mass is 79.9. The van der Waals surface area contributed by atoms with Gasteiger partial charge in [-0.2, -0.15) is 0 Å². The lowest BCUT2D eigenvalue weighted by molar-refractivity contribution is 0.102. The molecule has 0 unspecified atom stereocenters. The van der Waals surface area contributed by atoms with E-state index in [-0.39, 0.29) is 5.91 Å². The lowest BCUT2D eigenvalue weighted by Crippen LogP contribution is -2.12. The van der Waals surface area contributed by atoms with E-state index in [0.717, 1.165) is 46.6 Å². The van der Waals surface area contributed by atoms with Gasteiger partial charge in [0, 0.05) is 28.7 Å². The number of nitrogens with zero attached hydrogens (tertiary/aromatic N) is 2. The van der Waals surface area contributed by atoms with E-state index < -0.39 is 0 Å². The van der Waals surface area contributed by atoms with Crippen molar-refractivity contribution in [1.82, 2.24) is 9.55 Å². The maximum absolute atomic E-state index is 12.5. The number of amides is 1. The topological polar surface area (TPSA) is 46.9 Å². The summed E-state index contributed by atoms with van der Waals surface area (Å²) in [6.45, 7) is 1.01. The summed E-state index contributed by atoms with van der Waals surface area (Å²) in [5.74, 6) is 1.02. The summed E-state index contributed by atoms with van der Waals surface area (Å²) in [6.07, 6.45) is 4.11. The molecule has 1 aromatic heterocycles. The largest absolute Gasteiger partial charge is 0.328 e. The zero-order chi connectivity index (χ0) is 16.5. The van der Waals surface area contributed by atoms with Crippen LogP contribution >= 0.6 is 15.9 Å². The van der Waals surface area contributed by atoms with Gasteiger partial charge < -0.3 is 9.88 Å². The molecule has 120 valence electrons. The molecule has 1 N–H and O–H groups in total. The Labute approximate surface area is 148 Å². The van der Waals surface area contributed by atoms with Gasteiger partial charge in [-0.25, -0.2) is 4.98 Å². The molecule has 0 spiro atoms. The van der Waals surface area contributed by atoms with Gasteiger partial charge in [0.25, 0.3) is 5.91 Å². The summed E-state index contributed by atoms with van der Waals surface area (Å²) in [6, 6.07) is 15.3. The number of aromatic nitrogens is 2. The number of aryl methyl sites for hydroxylation is 1. The molecule has 1 amide bonds. The minimum atomic E-state index is -0.127. The SMILES string of the molecule is O=C(Nc1cccc(-c2cnc3n2CCC3)c1)c1ccccc1Br. The highest BCUT2D eigenvalue weighted by Gasteiger charge is 2.17. The summed E-state index contributed by atoms with van der Waals surface area (Å²) in [5, 5.41) is 2.97. The van der Waals surface area contributed by atoms with E-state index in [2.05, 4.69) is 36.9 Å². The van der Waals surface area contributed by atoms with Crippen molar-refractivity contribution < 1.29 is 4.79 Å². The third-order valence-electron chi connectivity index (χ3n) is 4.26. The number of hydrogen-bond acceptors (Lipinski definition) is 2. The Morgan fingerprint density at radius 2 is 2.04 bits per heavy atom. The van der Waals surface area contributed by atoms with Crippen molar-refractivity contribution in [2.24, 2.45) is 0 Å². The van der Waals surface area contributed by atoms with Crippen LogP contribution < -0.4 is 5.32 Å². The third kappa shape index (κ3) is 2.76. The van der Waals surface area contributed by atoms with Crippen molar-refractivity contribution in [3.63, 3.8) is 0 Å². The molecule has 4 rings (SSSR count). The van der Waals surface area contributed by atoms with Gasteiger partial charge in [-0.05, 0) is 46.6 Å². The molecule has 0 fully saturated rings. The van der Waals surface area contributed by atoms with Gasteiger partial charge in [-0.3, -0.25) is 4.79 Å². The second-order valence-electron chi connectivity index (χ2n) is 5.83. The van der Waals surface area contributed by atoms with Gasteiger partial charge in [0.15, 0.2) is 0 Å². The number of halogens is 1. The smallest absolute Gasteiger partial charge is 0.256 e. The van der Waals surface area contributed by atoms with Crippen LogP contribution in [-0.2, 0) is 13.0 Å². The molecule has 1 aliphatic heterocycles. The fourth-order valence-electron chi connectivity index (χ4n) is 3.09. The minimum Gasteiger partial charge on any atom is -0.328 e. The Bertz CT molecular complexity index is 916. The summed E-state index contributed by atoms with van der Waals surface area (Å²) < 4.78 is 3.04. The van der Waals surface area contributed by atoms with E-state index in [9.17, 15) is 4.79 Å².